The Morgan fingerprint density at radius 1 is 1.15 bits per heavy atom. The zero-order valence-corrected chi connectivity index (χ0v) is 14.3. The minimum Gasteiger partial charge on any atom is -0.337 e. The van der Waals surface area contributed by atoms with Gasteiger partial charge < -0.3 is 15.2 Å². The summed E-state index contributed by atoms with van der Waals surface area (Å²) in [6, 6.07) is 15.0. The molecule has 0 spiro atoms. The van der Waals surface area contributed by atoms with Gasteiger partial charge in [-0.1, -0.05) is 47.6 Å². The molecule has 2 amide bonds. The predicted molar refractivity (Wildman–Crippen MR) is 93.7 cm³/mol. The Balaban J connectivity index is 1.51. The molecule has 0 fully saturated rings. The topological polar surface area (TPSA) is 80.0 Å². The van der Waals surface area contributed by atoms with Crippen LogP contribution in [0.15, 0.2) is 59.1 Å². The number of carbonyl (C=O) groups is 1. The lowest BCUT2D eigenvalue weighted by Crippen LogP contribution is -2.36. The number of aromatic nitrogens is 2. The van der Waals surface area contributed by atoms with E-state index in [-0.39, 0.29) is 12.4 Å². The van der Waals surface area contributed by atoms with E-state index < -0.39 is 12.1 Å². The number of carbonyl (C=O) groups excluding carboxylic acids is 1. The molecule has 3 rings (SSSR count). The second-order valence-electron chi connectivity index (χ2n) is 5.89. The molecule has 0 aliphatic heterocycles. The molecule has 0 aliphatic rings. The van der Waals surface area contributed by atoms with Crippen molar-refractivity contribution in [1.82, 2.24) is 20.8 Å². The normalized spacial score (nSPS) is 11.8. The van der Waals surface area contributed by atoms with Crippen LogP contribution in [0.3, 0.4) is 0 Å². The fourth-order valence-electron chi connectivity index (χ4n) is 2.43. The van der Waals surface area contributed by atoms with Crippen molar-refractivity contribution < 1.29 is 13.7 Å². The van der Waals surface area contributed by atoms with Crippen molar-refractivity contribution in [2.75, 3.05) is 0 Å². The average Bonchev–Trinajstić information content (AvgIpc) is 3.10. The second kappa shape index (κ2) is 8.24. The van der Waals surface area contributed by atoms with Crippen molar-refractivity contribution in [2.45, 2.75) is 25.9 Å². The van der Waals surface area contributed by atoms with Gasteiger partial charge in [-0.05, 0) is 30.2 Å². The molecule has 0 radical (unpaired) electrons. The van der Waals surface area contributed by atoms with Gasteiger partial charge in [-0.15, -0.1) is 0 Å². The maximum Gasteiger partial charge on any atom is 0.315 e. The largest absolute Gasteiger partial charge is 0.337 e. The van der Waals surface area contributed by atoms with Crippen LogP contribution in [-0.2, 0) is 13.0 Å². The minimum atomic E-state index is -0.445. The van der Waals surface area contributed by atoms with E-state index in [0.29, 0.717) is 23.7 Å². The molecule has 3 aromatic rings. The summed E-state index contributed by atoms with van der Waals surface area (Å²) in [5.74, 6) is 0.548. The summed E-state index contributed by atoms with van der Waals surface area (Å²) in [5.41, 5.74) is 1.75. The number of nitrogens with zero attached hydrogens (tertiary/aromatic N) is 2. The Morgan fingerprint density at radius 2 is 1.92 bits per heavy atom. The van der Waals surface area contributed by atoms with Crippen LogP contribution in [0.2, 0.25) is 0 Å². The van der Waals surface area contributed by atoms with Crippen molar-refractivity contribution >= 4 is 6.03 Å². The molecule has 2 N–H and O–H groups in total. The Bertz CT molecular complexity index is 867. The van der Waals surface area contributed by atoms with Crippen LogP contribution in [0.1, 0.15) is 35.8 Å². The molecule has 6 nitrogen and oxygen atoms in total. The molecule has 26 heavy (non-hydrogen) atoms. The summed E-state index contributed by atoms with van der Waals surface area (Å²) in [5, 5.41) is 9.33. The van der Waals surface area contributed by atoms with Gasteiger partial charge >= 0.3 is 6.03 Å². The first kappa shape index (κ1) is 17.6. The number of rotatable bonds is 6. The van der Waals surface area contributed by atoms with Gasteiger partial charge in [-0.3, -0.25) is 0 Å². The standard InChI is InChI=1S/C19H19FN4O2/c1-13(22-19(25)21-12-15-8-5-9-16(20)10-15)18-23-17(24-26-18)11-14-6-3-2-4-7-14/h2-10,13H,11-12H2,1H3,(H2,21,22,25). The first-order valence-corrected chi connectivity index (χ1v) is 8.25. The Hall–Kier alpha value is -3.22. The molecular weight excluding hydrogens is 335 g/mol. The summed E-state index contributed by atoms with van der Waals surface area (Å²) in [4.78, 5) is 16.3. The van der Waals surface area contributed by atoms with E-state index in [9.17, 15) is 9.18 Å². The first-order chi connectivity index (χ1) is 12.6. The number of hydrogen-bond acceptors (Lipinski definition) is 4. The summed E-state index contributed by atoms with van der Waals surface area (Å²) in [6.07, 6.45) is 0.558. The predicted octanol–water partition coefficient (Wildman–Crippen LogP) is 3.36. The van der Waals surface area contributed by atoms with E-state index >= 15 is 0 Å². The van der Waals surface area contributed by atoms with E-state index in [0.717, 1.165) is 5.56 Å². The van der Waals surface area contributed by atoms with E-state index in [1.807, 2.05) is 30.3 Å². The fraction of sp³-hybridized carbons (Fsp3) is 0.211. The van der Waals surface area contributed by atoms with Gasteiger partial charge in [-0.2, -0.15) is 4.98 Å². The quantitative estimate of drug-likeness (QED) is 0.711. The SMILES string of the molecule is CC(NC(=O)NCc1cccc(F)c1)c1nc(Cc2ccccc2)no1. The van der Waals surface area contributed by atoms with Crippen LogP contribution in [0.4, 0.5) is 9.18 Å². The summed E-state index contributed by atoms with van der Waals surface area (Å²) < 4.78 is 18.4. The molecule has 1 atom stereocenters. The Kier molecular flexibility index (Phi) is 5.58. The highest BCUT2D eigenvalue weighted by Crippen LogP contribution is 2.12. The van der Waals surface area contributed by atoms with Crippen molar-refractivity contribution in [1.29, 1.82) is 0 Å². The zero-order valence-electron chi connectivity index (χ0n) is 14.3. The molecule has 0 aliphatic carbocycles. The minimum absolute atomic E-state index is 0.222. The van der Waals surface area contributed by atoms with Gasteiger partial charge in [0.15, 0.2) is 5.82 Å². The fourth-order valence-corrected chi connectivity index (χ4v) is 2.43. The highest BCUT2D eigenvalue weighted by atomic mass is 19.1. The van der Waals surface area contributed by atoms with Crippen LogP contribution in [0, 0.1) is 5.82 Å². The number of urea groups is 1. The van der Waals surface area contributed by atoms with Crippen molar-refractivity contribution in [3.63, 3.8) is 0 Å². The average molecular weight is 354 g/mol. The number of hydrogen-bond donors (Lipinski definition) is 2. The van der Waals surface area contributed by atoms with Gasteiger partial charge in [0.25, 0.3) is 0 Å². The van der Waals surface area contributed by atoms with E-state index in [4.69, 9.17) is 4.52 Å². The molecule has 134 valence electrons. The second-order valence-corrected chi connectivity index (χ2v) is 5.89. The monoisotopic (exact) mass is 354 g/mol. The number of halogens is 1. The molecule has 1 aromatic heterocycles. The number of amides is 2. The molecule has 0 saturated carbocycles. The van der Waals surface area contributed by atoms with Gasteiger partial charge in [0.1, 0.15) is 11.9 Å². The highest BCUT2D eigenvalue weighted by molar-refractivity contribution is 5.74. The third kappa shape index (κ3) is 4.89. The lowest BCUT2D eigenvalue weighted by Gasteiger charge is -2.11. The van der Waals surface area contributed by atoms with Crippen molar-refractivity contribution in [2.24, 2.45) is 0 Å². The van der Waals surface area contributed by atoms with E-state index in [1.165, 1.54) is 12.1 Å². The molecule has 1 unspecified atom stereocenters. The van der Waals surface area contributed by atoms with Crippen molar-refractivity contribution in [3.05, 3.63) is 83.3 Å². The summed E-state index contributed by atoms with van der Waals surface area (Å²) >= 11 is 0. The maximum atomic E-state index is 13.1. The van der Waals surface area contributed by atoms with Crippen LogP contribution >= 0.6 is 0 Å². The highest BCUT2D eigenvalue weighted by Gasteiger charge is 2.16. The van der Waals surface area contributed by atoms with Gasteiger partial charge in [0.2, 0.25) is 5.89 Å². The molecule has 0 bridgehead atoms. The van der Waals surface area contributed by atoms with E-state index in [2.05, 4.69) is 20.8 Å². The Morgan fingerprint density at radius 3 is 2.69 bits per heavy atom. The van der Waals surface area contributed by atoms with Crippen LogP contribution in [-0.4, -0.2) is 16.2 Å². The lowest BCUT2D eigenvalue weighted by atomic mass is 10.1. The number of benzene rings is 2. The molecule has 0 saturated heterocycles. The third-order valence-electron chi connectivity index (χ3n) is 3.75. The first-order valence-electron chi connectivity index (χ1n) is 8.25. The Labute approximate surface area is 150 Å². The summed E-state index contributed by atoms with van der Waals surface area (Å²) in [7, 11) is 0. The molecule has 2 aromatic carbocycles. The van der Waals surface area contributed by atoms with Crippen LogP contribution in [0.25, 0.3) is 0 Å². The lowest BCUT2D eigenvalue weighted by molar-refractivity contribution is 0.233. The van der Waals surface area contributed by atoms with Crippen LogP contribution < -0.4 is 10.6 Å². The summed E-state index contributed by atoms with van der Waals surface area (Å²) in [6.45, 7) is 1.97. The van der Waals surface area contributed by atoms with E-state index in [1.54, 1.807) is 19.1 Å². The van der Waals surface area contributed by atoms with Gasteiger partial charge in [-0.25, -0.2) is 9.18 Å². The number of nitrogens with one attached hydrogen (secondary N) is 2. The molecule has 1 heterocycles. The van der Waals surface area contributed by atoms with Crippen LogP contribution in [0.5, 0.6) is 0 Å². The van der Waals surface area contributed by atoms with Crippen molar-refractivity contribution in [3.8, 4) is 0 Å². The maximum absolute atomic E-state index is 13.1. The third-order valence-corrected chi connectivity index (χ3v) is 3.75. The zero-order chi connectivity index (χ0) is 18.4. The van der Waals surface area contributed by atoms with Gasteiger partial charge in [0, 0.05) is 13.0 Å². The molecular formula is C19H19FN4O2. The molecule has 7 heteroatoms. The smallest absolute Gasteiger partial charge is 0.315 e. The van der Waals surface area contributed by atoms with Gasteiger partial charge in [0.05, 0.1) is 0 Å².